The highest BCUT2D eigenvalue weighted by molar-refractivity contribution is 5.97. The van der Waals surface area contributed by atoms with Crippen molar-refractivity contribution in [3.63, 3.8) is 0 Å². The number of hydrogen-bond donors (Lipinski definition) is 5. The number of aliphatic carboxylic acids is 1. The molecule has 1 fully saturated rings. The van der Waals surface area contributed by atoms with Crippen LogP contribution in [0.1, 0.15) is 19.8 Å². The first-order valence-electron chi connectivity index (χ1n) is 15.2. The number of ether oxygens (including phenoxy) is 9. The van der Waals surface area contributed by atoms with E-state index in [0.717, 1.165) is 6.92 Å². The van der Waals surface area contributed by atoms with Gasteiger partial charge in [-0.15, -0.1) is 0 Å². The molecule has 1 aromatic heterocycles. The minimum Gasteiger partial charge on any atom is -0.493 e. The molecule has 0 saturated carbocycles. The third kappa shape index (κ3) is 7.69. The molecular formula is C33H40O18. The van der Waals surface area contributed by atoms with Gasteiger partial charge in [-0.1, -0.05) is 0 Å². The number of carboxylic acids is 1. The van der Waals surface area contributed by atoms with Crippen molar-refractivity contribution in [1.82, 2.24) is 0 Å². The molecule has 4 rings (SSSR count). The van der Waals surface area contributed by atoms with Crippen LogP contribution in [0.3, 0.4) is 0 Å². The second kappa shape index (κ2) is 15.9. The smallest absolute Gasteiger partial charge is 0.309 e. The minimum absolute atomic E-state index is 0.0295. The number of aliphatic hydroxyl groups is 4. The molecule has 0 bridgehead atoms. The molecule has 6 atom stereocenters. The fourth-order valence-corrected chi connectivity index (χ4v) is 5.64. The lowest BCUT2D eigenvalue weighted by atomic mass is 9.97. The second-order valence-electron chi connectivity index (χ2n) is 11.5. The van der Waals surface area contributed by atoms with Crippen molar-refractivity contribution in [3.05, 3.63) is 28.4 Å². The number of aliphatic hydroxyl groups excluding tert-OH is 3. The first kappa shape index (κ1) is 38.8. The SMILES string of the molecule is COc1ccc(-c2oc3c(OC)c(OC)c(OC)c(OC)c3c(=O)c2O[C@@H]2O[C@H](CO)[C@@H](OC(=O)CC(C)(O)CC(=O)O)[C@H](O)[C@H]2O)cc1OC. The molecule has 1 aliphatic rings. The summed E-state index contributed by atoms with van der Waals surface area (Å²) in [5, 5.41) is 51.4. The van der Waals surface area contributed by atoms with Crippen molar-refractivity contribution in [2.75, 3.05) is 49.3 Å². The van der Waals surface area contributed by atoms with Crippen molar-refractivity contribution in [2.45, 2.75) is 56.1 Å². The van der Waals surface area contributed by atoms with Crippen molar-refractivity contribution in [1.29, 1.82) is 0 Å². The normalized spacial score (nSPS) is 21.3. The van der Waals surface area contributed by atoms with Gasteiger partial charge in [0.15, 0.2) is 34.7 Å². The zero-order valence-electron chi connectivity index (χ0n) is 28.8. The highest BCUT2D eigenvalue weighted by atomic mass is 16.7. The molecule has 2 heterocycles. The van der Waals surface area contributed by atoms with E-state index in [-0.39, 0.29) is 51.0 Å². The van der Waals surface area contributed by atoms with E-state index < -0.39 is 78.9 Å². The summed E-state index contributed by atoms with van der Waals surface area (Å²) >= 11 is 0. The Kier molecular flexibility index (Phi) is 12.1. The van der Waals surface area contributed by atoms with Crippen molar-refractivity contribution < 1.29 is 82.2 Å². The Morgan fingerprint density at radius 2 is 1.43 bits per heavy atom. The monoisotopic (exact) mass is 724 g/mol. The molecule has 0 spiro atoms. The number of benzene rings is 2. The molecule has 1 saturated heterocycles. The average Bonchev–Trinajstić information content (AvgIpc) is 3.09. The van der Waals surface area contributed by atoms with Crippen molar-refractivity contribution in [2.24, 2.45) is 0 Å². The van der Waals surface area contributed by atoms with Gasteiger partial charge in [-0.05, 0) is 25.1 Å². The largest absolute Gasteiger partial charge is 0.493 e. The maximum absolute atomic E-state index is 14.5. The van der Waals surface area contributed by atoms with Crippen LogP contribution in [0, 0.1) is 0 Å². The molecule has 1 unspecified atom stereocenters. The van der Waals surface area contributed by atoms with Gasteiger partial charge < -0.3 is 72.6 Å². The van der Waals surface area contributed by atoms with Gasteiger partial charge >= 0.3 is 11.9 Å². The van der Waals surface area contributed by atoms with Crippen LogP contribution in [-0.2, 0) is 19.1 Å². The summed E-state index contributed by atoms with van der Waals surface area (Å²) in [4.78, 5) is 38.2. The summed E-state index contributed by atoms with van der Waals surface area (Å²) in [7, 11) is 8.03. The van der Waals surface area contributed by atoms with Crippen LogP contribution in [-0.4, -0.2) is 123 Å². The summed E-state index contributed by atoms with van der Waals surface area (Å²) in [5.74, 6) is -2.97. The van der Waals surface area contributed by atoms with Gasteiger partial charge in [0.2, 0.25) is 34.7 Å². The summed E-state index contributed by atoms with van der Waals surface area (Å²) in [6.07, 6.45) is -10.8. The number of methoxy groups -OCH3 is 6. The van der Waals surface area contributed by atoms with Crippen LogP contribution in [0.5, 0.6) is 40.2 Å². The maximum Gasteiger partial charge on any atom is 0.309 e. The van der Waals surface area contributed by atoms with Crippen LogP contribution in [0.25, 0.3) is 22.3 Å². The molecule has 1 aliphatic heterocycles. The van der Waals surface area contributed by atoms with Crippen molar-refractivity contribution in [3.8, 4) is 51.6 Å². The average molecular weight is 725 g/mol. The van der Waals surface area contributed by atoms with E-state index in [1.165, 1.54) is 60.9 Å². The molecule has 0 aliphatic carbocycles. The number of carboxylic acid groups (broad SMARTS) is 1. The standard InChI is InChI=1S/C33H40O18/c1-33(41,11-18(35)36)12-19(37)49-25-17(13-34)48-32(23(40)22(25)39)51-28-21(38)20-26(44-4)29(45-5)31(47-7)30(46-6)27(20)50-24(28)14-8-9-15(42-2)16(10-14)43-3/h8-10,17,22-23,25,32,34,39-41H,11-13H2,1-7H3,(H,35,36)/t17-,22-,23-,25-,32+,33?/m1/s1. The Morgan fingerprint density at radius 1 is 0.824 bits per heavy atom. The maximum atomic E-state index is 14.5. The Balaban J connectivity index is 1.86. The van der Waals surface area contributed by atoms with E-state index in [9.17, 15) is 34.8 Å². The summed E-state index contributed by atoms with van der Waals surface area (Å²) in [6, 6.07) is 4.51. The molecule has 280 valence electrons. The van der Waals surface area contributed by atoms with Gasteiger partial charge in [0.05, 0.1) is 67.7 Å². The zero-order chi connectivity index (χ0) is 37.8. The van der Waals surface area contributed by atoms with Crippen LogP contribution in [0.4, 0.5) is 0 Å². The number of esters is 1. The molecule has 5 N–H and O–H groups in total. The van der Waals surface area contributed by atoms with Gasteiger partial charge in [-0.25, -0.2) is 0 Å². The van der Waals surface area contributed by atoms with E-state index in [1.54, 1.807) is 0 Å². The third-order valence-electron chi connectivity index (χ3n) is 7.96. The number of rotatable bonds is 15. The number of fused-ring (bicyclic) bond motifs is 1. The Bertz CT molecular complexity index is 1800. The van der Waals surface area contributed by atoms with E-state index in [1.807, 2.05) is 0 Å². The van der Waals surface area contributed by atoms with Gasteiger partial charge in [0.1, 0.15) is 23.7 Å². The van der Waals surface area contributed by atoms with E-state index in [0.29, 0.717) is 5.75 Å². The predicted molar refractivity (Wildman–Crippen MR) is 173 cm³/mol. The predicted octanol–water partition coefficient (Wildman–Crippen LogP) is 0.857. The number of carbonyl (C=O) groups is 2. The molecule has 0 radical (unpaired) electrons. The zero-order valence-corrected chi connectivity index (χ0v) is 28.8. The topological polar surface area (TPSA) is 249 Å². The molecule has 0 amide bonds. The number of hydrogen-bond acceptors (Lipinski definition) is 17. The Hall–Kier alpha value is -5.01. The Labute approximate surface area is 290 Å². The summed E-state index contributed by atoms with van der Waals surface area (Å²) in [6.45, 7) is 0.212. The highest BCUT2D eigenvalue weighted by Gasteiger charge is 2.49. The first-order chi connectivity index (χ1) is 24.2. The summed E-state index contributed by atoms with van der Waals surface area (Å²) in [5.41, 5.74) is -2.86. The van der Waals surface area contributed by atoms with E-state index in [4.69, 9.17) is 52.2 Å². The van der Waals surface area contributed by atoms with Gasteiger partial charge in [0, 0.05) is 5.56 Å². The first-order valence-corrected chi connectivity index (χ1v) is 15.2. The molecule has 18 nitrogen and oxygen atoms in total. The van der Waals surface area contributed by atoms with Crippen LogP contribution in [0.2, 0.25) is 0 Å². The number of carbonyl (C=O) groups excluding carboxylic acids is 1. The van der Waals surface area contributed by atoms with Crippen LogP contribution >= 0.6 is 0 Å². The summed E-state index contributed by atoms with van der Waals surface area (Å²) < 4.78 is 56.1. The minimum atomic E-state index is -2.03. The van der Waals surface area contributed by atoms with Gasteiger partial charge in [-0.3, -0.25) is 14.4 Å². The second-order valence-corrected chi connectivity index (χ2v) is 11.5. The van der Waals surface area contributed by atoms with Gasteiger partial charge in [0.25, 0.3) is 0 Å². The fourth-order valence-electron chi connectivity index (χ4n) is 5.64. The van der Waals surface area contributed by atoms with Crippen LogP contribution < -0.4 is 38.6 Å². The molecular weight excluding hydrogens is 684 g/mol. The molecule has 51 heavy (non-hydrogen) atoms. The lowest BCUT2D eigenvalue weighted by Gasteiger charge is -2.41. The highest BCUT2D eigenvalue weighted by Crippen LogP contribution is 2.52. The van der Waals surface area contributed by atoms with Crippen molar-refractivity contribution >= 4 is 22.9 Å². The fraction of sp³-hybridized carbons (Fsp3) is 0.485. The lowest BCUT2D eigenvalue weighted by Crippen LogP contribution is -2.61. The van der Waals surface area contributed by atoms with Gasteiger partial charge in [-0.2, -0.15) is 0 Å². The third-order valence-corrected chi connectivity index (χ3v) is 7.96. The quantitative estimate of drug-likeness (QED) is 0.136. The van der Waals surface area contributed by atoms with E-state index in [2.05, 4.69) is 0 Å². The van der Waals surface area contributed by atoms with Crippen LogP contribution in [0.15, 0.2) is 27.4 Å². The lowest BCUT2D eigenvalue weighted by molar-refractivity contribution is -0.282. The van der Waals surface area contributed by atoms with E-state index >= 15 is 0 Å². The Morgan fingerprint density at radius 3 is 1.98 bits per heavy atom. The molecule has 18 heteroatoms. The molecule has 3 aromatic rings. The molecule has 2 aromatic carbocycles.